The Morgan fingerprint density at radius 2 is 1.90 bits per heavy atom. The molecule has 8 heteroatoms. The van der Waals surface area contributed by atoms with Gasteiger partial charge in [-0.25, -0.2) is 4.90 Å². The molecule has 1 aliphatic heterocycles. The van der Waals surface area contributed by atoms with Gasteiger partial charge in [0.2, 0.25) is 5.91 Å². The standard InChI is InChI=1S/C21H16N2O4S2/c1-13(24)22-14-6-8-15(9-7-14)23-20(25)18(17-5-3-11-28-17)19(21(23)26)29-12-16-4-2-10-27-16/h2-11H,12H2,1H3,(H,22,24). The van der Waals surface area contributed by atoms with Gasteiger partial charge in [0.1, 0.15) is 5.76 Å². The molecule has 3 heterocycles. The summed E-state index contributed by atoms with van der Waals surface area (Å²) in [7, 11) is 0. The van der Waals surface area contributed by atoms with Gasteiger partial charge in [0.05, 0.1) is 28.2 Å². The number of carbonyl (C=O) groups is 3. The van der Waals surface area contributed by atoms with E-state index in [0.717, 1.165) is 10.6 Å². The summed E-state index contributed by atoms with van der Waals surface area (Å²) in [6.45, 7) is 1.42. The van der Waals surface area contributed by atoms with Crippen LogP contribution in [0.3, 0.4) is 0 Å². The number of imide groups is 1. The van der Waals surface area contributed by atoms with Gasteiger partial charge in [0, 0.05) is 17.5 Å². The van der Waals surface area contributed by atoms with Crippen LogP contribution in [0.2, 0.25) is 0 Å². The fourth-order valence-electron chi connectivity index (χ4n) is 2.95. The lowest BCUT2D eigenvalue weighted by Crippen LogP contribution is -2.31. The normalized spacial score (nSPS) is 14.0. The summed E-state index contributed by atoms with van der Waals surface area (Å²) >= 11 is 2.71. The van der Waals surface area contributed by atoms with Gasteiger partial charge in [-0.15, -0.1) is 23.1 Å². The van der Waals surface area contributed by atoms with Gasteiger partial charge in [0.25, 0.3) is 11.8 Å². The van der Waals surface area contributed by atoms with E-state index in [1.165, 1.54) is 34.9 Å². The van der Waals surface area contributed by atoms with E-state index >= 15 is 0 Å². The van der Waals surface area contributed by atoms with Gasteiger partial charge in [0.15, 0.2) is 0 Å². The smallest absolute Gasteiger partial charge is 0.272 e. The van der Waals surface area contributed by atoms with Gasteiger partial charge < -0.3 is 9.73 Å². The molecule has 3 amide bonds. The van der Waals surface area contributed by atoms with E-state index in [1.54, 1.807) is 36.6 Å². The van der Waals surface area contributed by atoms with Crippen LogP contribution in [-0.4, -0.2) is 17.7 Å². The second-order valence-electron chi connectivity index (χ2n) is 6.22. The van der Waals surface area contributed by atoms with Gasteiger partial charge in [-0.05, 0) is 47.8 Å². The molecule has 3 aromatic rings. The van der Waals surface area contributed by atoms with Crippen molar-refractivity contribution >= 4 is 57.8 Å². The first-order chi connectivity index (χ1) is 14.0. The van der Waals surface area contributed by atoms with Crippen LogP contribution in [-0.2, 0) is 20.1 Å². The number of carbonyl (C=O) groups excluding carboxylic acids is 3. The molecule has 6 nitrogen and oxygen atoms in total. The van der Waals surface area contributed by atoms with Gasteiger partial charge in [-0.3, -0.25) is 14.4 Å². The Morgan fingerprint density at radius 1 is 1.10 bits per heavy atom. The number of benzene rings is 1. The minimum Gasteiger partial charge on any atom is -0.468 e. The second-order valence-corrected chi connectivity index (χ2v) is 8.16. The molecule has 2 aromatic heterocycles. The van der Waals surface area contributed by atoms with Crippen molar-refractivity contribution in [1.82, 2.24) is 0 Å². The van der Waals surface area contributed by atoms with Gasteiger partial charge in [-0.1, -0.05) is 6.07 Å². The molecule has 0 unspecified atom stereocenters. The van der Waals surface area contributed by atoms with Crippen LogP contribution in [0, 0.1) is 0 Å². The van der Waals surface area contributed by atoms with Crippen molar-refractivity contribution in [2.45, 2.75) is 12.7 Å². The molecular formula is C21H16N2O4S2. The minimum atomic E-state index is -0.359. The fourth-order valence-corrected chi connectivity index (χ4v) is 4.79. The predicted octanol–water partition coefficient (Wildman–Crippen LogP) is 4.52. The van der Waals surface area contributed by atoms with E-state index < -0.39 is 0 Å². The van der Waals surface area contributed by atoms with Crippen LogP contribution in [0.15, 0.2) is 69.5 Å². The highest BCUT2D eigenvalue weighted by molar-refractivity contribution is 8.03. The molecule has 146 valence electrons. The van der Waals surface area contributed by atoms with Crippen LogP contribution >= 0.6 is 23.1 Å². The molecule has 0 saturated heterocycles. The Hall–Kier alpha value is -3.10. The average molecular weight is 425 g/mol. The van der Waals surface area contributed by atoms with Crippen molar-refractivity contribution in [3.63, 3.8) is 0 Å². The third-order valence-corrected chi connectivity index (χ3v) is 6.18. The molecule has 0 saturated carbocycles. The number of anilines is 2. The molecule has 0 spiro atoms. The summed E-state index contributed by atoms with van der Waals surface area (Å²) < 4.78 is 5.35. The fraction of sp³-hybridized carbons (Fsp3) is 0.0952. The molecule has 0 aliphatic carbocycles. The maximum atomic E-state index is 13.2. The summed E-state index contributed by atoms with van der Waals surface area (Å²) in [6.07, 6.45) is 1.58. The second kappa shape index (κ2) is 8.10. The van der Waals surface area contributed by atoms with Crippen LogP contribution in [0.25, 0.3) is 5.57 Å². The van der Waals surface area contributed by atoms with E-state index in [1.807, 2.05) is 23.6 Å². The number of thiophene rings is 1. The highest BCUT2D eigenvalue weighted by Gasteiger charge is 2.40. The Kier molecular flexibility index (Phi) is 5.37. The van der Waals surface area contributed by atoms with Crippen molar-refractivity contribution < 1.29 is 18.8 Å². The number of hydrogen-bond donors (Lipinski definition) is 1. The first-order valence-electron chi connectivity index (χ1n) is 8.74. The topological polar surface area (TPSA) is 79.6 Å². The van der Waals surface area contributed by atoms with Gasteiger partial charge >= 0.3 is 0 Å². The zero-order chi connectivity index (χ0) is 20.4. The van der Waals surface area contributed by atoms with E-state index in [-0.39, 0.29) is 17.7 Å². The van der Waals surface area contributed by atoms with Crippen LogP contribution in [0.4, 0.5) is 11.4 Å². The number of hydrogen-bond acceptors (Lipinski definition) is 6. The molecular weight excluding hydrogens is 408 g/mol. The Morgan fingerprint density at radius 3 is 2.52 bits per heavy atom. The quantitative estimate of drug-likeness (QED) is 0.589. The first kappa shape index (κ1) is 19.2. The van der Waals surface area contributed by atoms with Gasteiger partial charge in [-0.2, -0.15) is 0 Å². The third kappa shape index (κ3) is 3.90. The van der Waals surface area contributed by atoms with Crippen molar-refractivity contribution in [2.75, 3.05) is 10.2 Å². The molecule has 29 heavy (non-hydrogen) atoms. The molecule has 1 aliphatic rings. The van der Waals surface area contributed by atoms with Crippen molar-refractivity contribution in [1.29, 1.82) is 0 Å². The highest BCUT2D eigenvalue weighted by atomic mass is 32.2. The van der Waals surface area contributed by atoms with E-state index in [4.69, 9.17) is 4.42 Å². The van der Waals surface area contributed by atoms with E-state index in [2.05, 4.69) is 5.32 Å². The molecule has 1 N–H and O–H groups in total. The largest absolute Gasteiger partial charge is 0.468 e. The maximum Gasteiger partial charge on any atom is 0.272 e. The van der Waals surface area contributed by atoms with Crippen molar-refractivity contribution in [3.8, 4) is 0 Å². The lowest BCUT2D eigenvalue weighted by molar-refractivity contribution is -0.120. The summed E-state index contributed by atoms with van der Waals surface area (Å²) in [4.78, 5) is 39.9. The molecule has 0 radical (unpaired) electrons. The third-order valence-electron chi connectivity index (χ3n) is 4.19. The number of furan rings is 1. The molecule has 0 bridgehead atoms. The minimum absolute atomic E-state index is 0.190. The van der Waals surface area contributed by atoms with Crippen molar-refractivity contribution in [2.24, 2.45) is 0 Å². The summed E-state index contributed by atoms with van der Waals surface area (Å²) in [6, 6.07) is 13.9. The highest BCUT2D eigenvalue weighted by Crippen LogP contribution is 2.41. The zero-order valence-electron chi connectivity index (χ0n) is 15.4. The molecule has 0 atom stereocenters. The molecule has 0 fully saturated rings. The number of rotatable bonds is 6. The Balaban J connectivity index is 1.65. The lowest BCUT2D eigenvalue weighted by atomic mass is 10.2. The average Bonchev–Trinajstić information content (AvgIpc) is 3.43. The number of amides is 3. The summed E-state index contributed by atoms with van der Waals surface area (Å²) in [5.41, 5.74) is 1.46. The number of nitrogens with one attached hydrogen (secondary N) is 1. The lowest BCUT2D eigenvalue weighted by Gasteiger charge is -2.15. The Bertz CT molecular complexity index is 1080. The first-order valence-corrected chi connectivity index (χ1v) is 10.6. The molecule has 1 aromatic carbocycles. The van der Waals surface area contributed by atoms with Crippen LogP contribution < -0.4 is 10.2 Å². The predicted molar refractivity (Wildman–Crippen MR) is 114 cm³/mol. The maximum absolute atomic E-state index is 13.2. The van der Waals surface area contributed by atoms with Crippen LogP contribution in [0.1, 0.15) is 17.6 Å². The summed E-state index contributed by atoms with van der Waals surface area (Å²) in [5, 5.41) is 4.55. The van der Waals surface area contributed by atoms with Crippen LogP contribution in [0.5, 0.6) is 0 Å². The zero-order valence-corrected chi connectivity index (χ0v) is 17.0. The molecule has 4 rings (SSSR count). The summed E-state index contributed by atoms with van der Waals surface area (Å²) in [5.74, 6) is 0.274. The van der Waals surface area contributed by atoms with E-state index in [0.29, 0.717) is 27.6 Å². The number of nitrogens with zero attached hydrogens (tertiary/aromatic N) is 1. The number of thioether (sulfide) groups is 1. The van der Waals surface area contributed by atoms with Crippen molar-refractivity contribution in [3.05, 3.63) is 75.7 Å². The monoisotopic (exact) mass is 424 g/mol. The van der Waals surface area contributed by atoms with E-state index in [9.17, 15) is 14.4 Å². The SMILES string of the molecule is CC(=O)Nc1ccc(N2C(=O)C(SCc3ccco3)=C(c3cccs3)C2=O)cc1. The Labute approximate surface area is 175 Å².